The van der Waals surface area contributed by atoms with Gasteiger partial charge in [0.05, 0.1) is 5.54 Å². The third kappa shape index (κ3) is 4.41. The van der Waals surface area contributed by atoms with Gasteiger partial charge in [-0.05, 0) is 0 Å². The minimum atomic E-state index is 0.401. The van der Waals surface area contributed by atoms with Gasteiger partial charge in [-0.3, -0.25) is 0 Å². The lowest BCUT2D eigenvalue weighted by Crippen LogP contribution is -2.72. The van der Waals surface area contributed by atoms with Crippen molar-refractivity contribution in [3.8, 4) is 0 Å². The maximum absolute atomic E-state index is 4.34. The third-order valence-electron chi connectivity index (χ3n) is 2.34. The Kier molecular flexibility index (Phi) is 5.57. The van der Waals surface area contributed by atoms with Gasteiger partial charge in [0.15, 0.2) is 0 Å². The molecular formula is C10H24N+. The highest BCUT2D eigenvalue weighted by molar-refractivity contribution is 4.74. The molecule has 0 heterocycles. The third-order valence-corrected chi connectivity index (χ3v) is 2.34. The highest BCUT2D eigenvalue weighted by Gasteiger charge is 2.25. The van der Waals surface area contributed by atoms with Crippen molar-refractivity contribution in [2.24, 2.45) is 0 Å². The highest BCUT2D eigenvalue weighted by atomic mass is 14.7. The molecule has 1 nitrogen and oxygen atoms in total. The van der Waals surface area contributed by atoms with E-state index in [-0.39, 0.29) is 0 Å². The summed E-state index contributed by atoms with van der Waals surface area (Å²) in [6.07, 6.45) is 7.74. The average molecular weight is 158 g/mol. The van der Waals surface area contributed by atoms with Gasteiger partial charge in [-0.25, -0.2) is 0 Å². The summed E-state index contributed by atoms with van der Waals surface area (Å²) in [5.41, 5.74) is 4.74. The summed E-state index contributed by atoms with van der Waals surface area (Å²) in [5.74, 6) is 0. The number of hydrogen-bond acceptors (Lipinski definition) is 0. The normalized spacial score (nSPS) is 12.0. The topological polar surface area (TPSA) is 27.6 Å². The molecule has 0 aromatic carbocycles. The first-order valence-electron chi connectivity index (χ1n) is 5.04. The van der Waals surface area contributed by atoms with Crippen LogP contribution in [0.2, 0.25) is 0 Å². The SMILES string of the molecule is CCCC([NH3+])(CCC)CCC. The zero-order valence-corrected chi connectivity index (χ0v) is 8.45. The Hall–Kier alpha value is -0.0400. The second-order valence-corrected chi connectivity index (χ2v) is 3.75. The van der Waals surface area contributed by atoms with Gasteiger partial charge in [-0.2, -0.15) is 0 Å². The fraction of sp³-hybridized carbons (Fsp3) is 1.00. The number of hydrogen-bond donors (Lipinski definition) is 1. The predicted molar refractivity (Wildman–Crippen MR) is 50.3 cm³/mol. The summed E-state index contributed by atoms with van der Waals surface area (Å²) in [5, 5.41) is 0. The van der Waals surface area contributed by atoms with Crippen LogP contribution in [0.4, 0.5) is 0 Å². The molecular weight excluding hydrogens is 134 g/mol. The Labute approximate surface area is 71.4 Å². The van der Waals surface area contributed by atoms with E-state index in [0.29, 0.717) is 5.54 Å². The quantitative estimate of drug-likeness (QED) is 0.614. The molecule has 0 radical (unpaired) electrons. The smallest absolute Gasteiger partial charge is 0.0945 e. The molecule has 0 amide bonds. The first-order chi connectivity index (χ1) is 5.18. The molecule has 0 aliphatic heterocycles. The second kappa shape index (κ2) is 5.59. The molecule has 1 heteroatoms. The molecule has 0 bridgehead atoms. The first-order valence-corrected chi connectivity index (χ1v) is 5.04. The van der Waals surface area contributed by atoms with E-state index in [9.17, 15) is 0 Å². The van der Waals surface area contributed by atoms with Crippen LogP contribution in [0.5, 0.6) is 0 Å². The van der Waals surface area contributed by atoms with E-state index in [1.807, 2.05) is 0 Å². The number of quaternary nitrogens is 1. The second-order valence-electron chi connectivity index (χ2n) is 3.75. The van der Waals surface area contributed by atoms with Gasteiger partial charge < -0.3 is 5.73 Å². The zero-order valence-electron chi connectivity index (χ0n) is 8.45. The van der Waals surface area contributed by atoms with Crippen molar-refractivity contribution in [3.05, 3.63) is 0 Å². The van der Waals surface area contributed by atoms with Crippen LogP contribution in [0, 0.1) is 0 Å². The van der Waals surface area contributed by atoms with E-state index in [2.05, 4.69) is 26.5 Å². The molecule has 0 fully saturated rings. The summed E-state index contributed by atoms with van der Waals surface area (Å²) in [7, 11) is 0. The van der Waals surface area contributed by atoms with Crippen molar-refractivity contribution in [1.29, 1.82) is 0 Å². The Morgan fingerprint density at radius 1 is 0.818 bits per heavy atom. The predicted octanol–water partition coefficient (Wildman–Crippen LogP) is 2.37. The van der Waals surface area contributed by atoms with Gasteiger partial charge in [0, 0.05) is 19.3 Å². The molecule has 3 N–H and O–H groups in total. The maximum atomic E-state index is 4.34. The summed E-state index contributed by atoms with van der Waals surface area (Å²) in [4.78, 5) is 0. The summed E-state index contributed by atoms with van der Waals surface area (Å²) in [6, 6.07) is 0. The Morgan fingerprint density at radius 3 is 1.27 bits per heavy atom. The van der Waals surface area contributed by atoms with Crippen LogP contribution in [0.1, 0.15) is 59.3 Å². The molecule has 0 aromatic rings. The molecule has 0 spiro atoms. The van der Waals surface area contributed by atoms with E-state index in [4.69, 9.17) is 0 Å². The van der Waals surface area contributed by atoms with Crippen molar-refractivity contribution in [2.75, 3.05) is 0 Å². The average Bonchev–Trinajstić information content (AvgIpc) is 1.88. The van der Waals surface area contributed by atoms with Crippen molar-refractivity contribution in [2.45, 2.75) is 64.8 Å². The Balaban J connectivity index is 3.79. The van der Waals surface area contributed by atoms with E-state index in [0.717, 1.165) is 0 Å². The van der Waals surface area contributed by atoms with Gasteiger partial charge >= 0.3 is 0 Å². The van der Waals surface area contributed by atoms with E-state index >= 15 is 0 Å². The molecule has 0 aliphatic carbocycles. The molecule has 0 aliphatic rings. The van der Waals surface area contributed by atoms with Crippen LogP contribution in [-0.2, 0) is 0 Å². The van der Waals surface area contributed by atoms with Gasteiger partial charge in [-0.1, -0.05) is 40.0 Å². The van der Waals surface area contributed by atoms with Crippen molar-refractivity contribution in [1.82, 2.24) is 0 Å². The monoisotopic (exact) mass is 158 g/mol. The fourth-order valence-corrected chi connectivity index (χ4v) is 1.97. The number of rotatable bonds is 6. The highest BCUT2D eigenvalue weighted by Crippen LogP contribution is 2.19. The van der Waals surface area contributed by atoms with Crippen LogP contribution in [0.25, 0.3) is 0 Å². The molecule has 0 rings (SSSR count). The van der Waals surface area contributed by atoms with E-state index < -0.39 is 0 Å². The fourth-order valence-electron chi connectivity index (χ4n) is 1.97. The molecule has 0 atom stereocenters. The van der Waals surface area contributed by atoms with Crippen molar-refractivity contribution >= 4 is 0 Å². The van der Waals surface area contributed by atoms with Gasteiger partial charge in [-0.15, -0.1) is 0 Å². The van der Waals surface area contributed by atoms with E-state index in [1.54, 1.807) is 0 Å². The van der Waals surface area contributed by atoms with Crippen LogP contribution >= 0.6 is 0 Å². The Bertz CT molecular complexity index is 71.9. The lowest BCUT2D eigenvalue weighted by Gasteiger charge is -2.24. The summed E-state index contributed by atoms with van der Waals surface area (Å²) >= 11 is 0. The lowest BCUT2D eigenvalue weighted by atomic mass is 9.86. The minimum absolute atomic E-state index is 0.401. The molecule has 68 valence electrons. The molecule has 11 heavy (non-hydrogen) atoms. The standard InChI is InChI=1S/C10H23N/c1-4-7-10(11,8-5-2)9-6-3/h4-9,11H2,1-3H3/p+1. The zero-order chi connectivity index (χ0) is 8.74. The molecule has 0 saturated heterocycles. The van der Waals surface area contributed by atoms with Crippen molar-refractivity contribution < 1.29 is 5.73 Å². The lowest BCUT2D eigenvalue weighted by molar-refractivity contribution is -0.483. The van der Waals surface area contributed by atoms with Crippen LogP contribution in [0.3, 0.4) is 0 Å². The van der Waals surface area contributed by atoms with Gasteiger partial charge in [0.25, 0.3) is 0 Å². The van der Waals surface area contributed by atoms with Gasteiger partial charge in [0.1, 0.15) is 0 Å². The maximum Gasteiger partial charge on any atom is 0.0945 e. The Morgan fingerprint density at radius 2 is 1.09 bits per heavy atom. The summed E-state index contributed by atoms with van der Waals surface area (Å²) < 4.78 is 0. The summed E-state index contributed by atoms with van der Waals surface area (Å²) in [6.45, 7) is 6.77. The van der Waals surface area contributed by atoms with Crippen LogP contribution in [0.15, 0.2) is 0 Å². The van der Waals surface area contributed by atoms with Crippen LogP contribution < -0.4 is 5.73 Å². The van der Waals surface area contributed by atoms with Gasteiger partial charge in [0.2, 0.25) is 0 Å². The largest absolute Gasteiger partial charge is 0.353 e. The molecule has 0 aromatic heterocycles. The van der Waals surface area contributed by atoms with E-state index in [1.165, 1.54) is 38.5 Å². The molecule has 0 unspecified atom stereocenters. The van der Waals surface area contributed by atoms with Crippen LogP contribution in [-0.4, -0.2) is 5.54 Å². The van der Waals surface area contributed by atoms with Crippen molar-refractivity contribution in [3.63, 3.8) is 0 Å². The minimum Gasteiger partial charge on any atom is -0.353 e. The first kappa shape index (κ1) is 11.0. The molecule has 0 saturated carbocycles.